The molecule has 1 unspecified atom stereocenters. The van der Waals surface area contributed by atoms with Gasteiger partial charge >= 0.3 is 0 Å². The van der Waals surface area contributed by atoms with Gasteiger partial charge in [0.25, 0.3) is 0 Å². The highest BCUT2D eigenvalue weighted by Crippen LogP contribution is 2.43. The summed E-state index contributed by atoms with van der Waals surface area (Å²) in [5.74, 6) is 0.750. The van der Waals surface area contributed by atoms with Crippen molar-refractivity contribution >= 4 is 11.3 Å². The van der Waals surface area contributed by atoms with E-state index >= 15 is 0 Å². The lowest BCUT2D eigenvalue weighted by Gasteiger charge is -2.23. The molecule has 0 bridgehead atoms. The van der Waals surface area contributed by atoms with Crippen molar-refractivity contribution in [1.29, 1.82) is 0 Å². The second-order valence-electron chi connectivity index (χ2n) is 3.96. The lowest BCUT2D eigenvalue weighted by molar-refractivity contribution is 0.0776. The molecule has 2 fully saturated rings. The fraction of sp³-hybridized carbons (Fsp3) is 0.700. The molecular weight excluding hydrogens is 196 g/mol. The van der Waals surface area contributed by atoms with Crippen LogP contribution in [0, 0.1) is 0 Å². The average molecular weight is 210 g/mol. The summed E-state index contributed by atoms with van der Waals surface area (Å²) < 4.78 is 5.48. The van der Waals surface area contributed by atoms with Gasteiger partial charge in [-0.1, -0.05) is 0 Å². The molecule has 3 rings (SSSR count). The number of morpholine rings is 1. The molecule has 0 amide bonds. The number of ether oxygens (including phenoxy) is 1. The van der Waals surface area contributed by atoms with E-state index in [4.69, 9.17) is 4.74 Å². The molecule has 1 N–H and O–H groups in total. The zero-order valence-electron chi connectivity index (χ0n) is 8.03. The number of thiazole rings is 1. The van der Waals surface area contributed by atoms with Crippen LogP contribution in [0.1, 0.15) is 35.4 Å². The fourth-order valence-electron chi connectivity index (χ4n) is 1.92. The summed E-state index contributed by atoms with van der Waals surface area (Å²) in [6, 6.07) is 0.395. The summed E-state index contributed by atoms with van der Waals surface area (Å²) in [6.45, 7) is 2.61. The molecule has 3 nitrogen and oxygen atoms in total. The Labute approximate surface area is 87.5 Å². The third kappa shape index (κ3) is 1.58. The minimum absolute atomic E-state index is 0.395. The molecule has 0 radical (unpaired) electrons. The van der Waals surface area contributed by atoms with Gasteiger partial charge in [-0.05, 0) is 12.8 Å². The highest BCUT2D eigenvalue weighted by atomic mass is 32.1. The largest absolute Gasteiger partial charge is 0.378 e. The summed E-state index contributed by atoms with van der Waals surface area (Å²) in [7, 11) is 0. The van der Waals surface area contributed by atoms with Crippen LogP contribution in [0.5, 0.6) is 0 Å². The molecule has 1 aliphatic heterocycles. The molecule has 0 aromatic carbocycles. The van der Waals surface area contributed by atoms with E-state index in [1.165, 1.54) is 23.4 Å². The van der Waals surface area contributed by atoms with Crippen molar-refractivity contribution < 1.29 is 4.74 Å². The van der Waals surface area contributed by atoms with Gasteiger partial charge in [-0.25, -0.2) is 4.98 Å². The van der Waals surface area contributed by atoms with Crippen molar-refractivity contribution in [3.05, 3.63) is 16.1 Å². The zero-order chi connectivity index (χ0) is 9.38. The maximum Gasteiger partial charge on any atom is 0.0798 e. The van der Waals surface area contributed by atoms with Crippen LogP contribution in [0.3, 0.4) is 0 Å². The van der Waals surface area contributed by atoms with Crippen molar-refractivity contribution in [3.8, 4) is 0 Å². The number of hydrogen-bond acceptors (Lipinski definition) is 4. The van der Waals surface area contributed by atoms with E-state index < -0.39 is 0 Å². The summed E-state index contributed by atoms with van der Waals surface area (Å²) in [5.41, 5.74) is 3.30. The van der Waals surface area contributed by atoms with Crippen LogP contribution in [0.25, 0.3) is 0 Å². The number of rotatable bonds is 2. The van der Waals surface area contributed by atoms with E-state index in [-0.39, 0.29) is 0 Å². The predicted octanol–water partition coefficient (Wildman–Crippen LogP) is 1.68. The Hall–Kier alpha value is -0.450. The van der Waals surface area contributed by atoms with Crippen molar-refractivity contribution in [2.75, 3.05) is 19.8 Å². The first-order chi connectivity index (χ1) is 6.95. The summed E-state index contributed by atoms with van der Waals surface area (Å²) in [4.78, 5) is 5.89. The Morgan fingerprint density at radius 1 is 1.50 bits per heavy atom. The summed E-state index contributed by atoms with van der Waals surface area (Å²) in [5, 5.41) is 3.49. The van der Waals surface area contributed by atoms with Crippen molar-refractivity contribution in [1.82, 2.24) is 10.3 Å². The monoisotopic (exact) mass is 210 g/mol. The second-order valence-corrected chi connectivity index (χ2v) is 4.84. The number of aromatic nitrogens is 1. The highest BCUT2D eigenvalue weighted by molar-refractivity contribution is 7.09. The van der Waals surface area contributed by atoms with E-state index in [0.29, 0.717) is 6.04 Å². The molecule has 1 saturated heterocycles. The lowest BCUT2D eigenvalue weighted by atomic mass is 10.1. The molecule has 0 spiro atoms. The molecular formula is C10H14N2OS. The molecule has 1 aromatic heterocycles. The molecule has 1 atom stereocenters. The van der Waals surface area contributed by atoms with E-state index in [1.54, 1.807) is 11.3 Å². The second kappa shape index (κ2) is 3.61. The molecule has 76 valence electrons. The van der Waals surface area contributed by atoms with Crippen molar-refractivity contribution in [2.45, 2.75) is 24.8 Å². The van der Waals surface area contributed by atoms with Crippen molar-refractivity contribution in [2.24, 2.45) is 0 Å². The third-order valence-electron chi connectivity index (χ3n) is 2.83. The first kappa shape index (κ1) is 8.83. The standard InChI is InChI=1S/C10H14N2OS/c1-2-7(1)9-10(14-6-12-9)8-5-13-4-3-11-8/h6-8,11H,1-5H2. The van der Waals surface area contributed by atoms with Crippen LogP contribution in [0.2, 0.25) is 0 Å². The zero-order valence-corrected chi connectivity index (χ0v) is 8.85. The predicted molar refractivity (Wildman–Crippen MR) is 55.7 cm³/mol. The van der Waals surface area contributed by atoms with Crippen LogP contribution in [0.15, 0.2) is 5.51 Å². The Bertz CT molecular complexity index is 316. The Morgan fingerprint density at radius 2 is 2.43 bits per heavy atom. The Kier molecular flexibility index (Phi) is 2.27. The van der Waals surface area contributed by atoms with E-state index in [9.17, 15) is 0 Å². The average Bonchev–Trinajstić information content (AvgIpc) is 2.98. The quantitative estimate of drug-likeness (QED) is 0.806. The molecule has 4 heteroatoms. The smallest absolute Gasteiger partial charge is 0.0798 e. The number of nitrogens with zero attached hydrogens (tertiary/aromatic N) is 1. The summed E-state index contributed by atoms with van der Waals surface area (Å²) in [6.07, 6.45) is 2.65. The minimum atomic E-state index is 0.395. The van der Waals surface area contributed by atoms with E-state index in [0.717, 1.165) is 25.7 Å². The minimum Gasteiger partial charge on any atom is -0.378 e. The fourth-order valence-corrected chi connectivity index (χ4v) is 2.86. The first-order valence-electron chi connectivity index (χ1n) is 5.19. The lowest BCUT2D eigenvalue weighted by Crippen LogP contribution is -2.34. The van der Waals surface area contributed by atoms with Crippen LogP contribution in [-0.4, -0.2) is 24.7 Å². The van der Waals surface area contributed by atoms with Gasteiger partial charge in [0.05, 0.1) is 30.5 Å². The molecule has 2 heterocycles. The maximum absolute atomic E-state index is 5.48. The number of hydrogen-bond donors (Lipinski definition) is 1. The van der Waals surface area contributed by atoms with Crippen LogP contribution >= 0.6 is 11.3 Å². The van der Waals surface area contributed by atoms with Gasteiger partial charge in [-0.15, -0.1) is 11.3 Å². The van der Waals surface area contributed by atoms with Gasteiger partial charge in [0.1, 0.15) is 0 Å². The normalized spacial score (nSPS) is 27.9. The van der Waals surface area contributed by atoms with Crippen LogP contribution in [-0.2, 0) is 4.74 Å². The van der Waals surface area contributed by atoms with Gasteiger partial charge in [-0.3, -0.25) is 0 Å². The maximum atomic E-state index is 5.48. The number of nitrogens with one attached hydrogen (secondary N) is 1. The topological polar surface area (TPSA) is 34.1 Å². The van der Waals surface area contributed by atoms with E-state index in [2.05, 4.69) is 10.3 Å². The van der Waals surface area contributed by atoms with Crippen LogP contribution < -0.4 is 5.32 Å². The van der Waals surface area contributed by atoms with Gasteiger partial charge in [0.15, 0.2) is 0 Å². The SMILES string of the molecule is c1nc(C2CC2)c(C2COCCN2)s1. The molecule has 1 saturated carbocycles. The van der Waals surface area contributed by atoms with Gasteiger partial charge in [0.2, 0.25) is 0 Å². The van der Waals surface area contributed by atoms with Gasteiger partial charge < -0.3 is 10.1 Å². The first-order valence-corrected chi connectivity index (χ1v) is 6.07. The highest BCUT2D eigenvalue weighted by Gasteiger charge is 2.31. The Morgan fingerprint density at radius 3 is 3.14 bits per heavy atom. The van der Waals surface area contributed by atoms with Gasteiger partial charge in [-0.2, -0.15) is 0 Å². The molecule has 14 heavy (non-hydrogen) atoms. The Balaban J connectivity index is 1.82. The van der Waals surface area contributed by atoms with Crippen LogP contribution in [0.4, 0.5) is 0 Å². The molecule has 1 aromatic rings. The van der Waals surface area contributed by atoms with E-state index in [1.807, 2.05) is 5.51 Å². The molecule has 1 aliphatic carbocycles. The van der Waals surface area contributed by atoms with Crippen molar-refractivity contribution in [3.63, 3.8) is 0 Å². The molecule has 2 aliphatic rings. The summed E-state index contributed by atoms with van der Waals surface area (Å²) >= 11 is 1.77. The van der Waals surface area contributed by atoms with Gasteiger partial charge in [0, 0.05) is 17.3 Å². The third-order valence-corrected chi connectivity index (χ3v) is 3.78.